The molecule has 0 spiro atoms. The maximum Gasteiger partial charge on any atom is 0.373 e. The number of rotatable bonds is 5. The molecule has 0 saturated heterocycles. The molecule has 2 atom stereocenters. The van der Waals surface area contributed by atoms with Gasteiger partial charge in [-0.05, 0) is 41.3 Å². The highest BCUT2D eigenvalue weighted by Gasteiger charge is 2.85. The molecule has 0 bridgehead atoms. The fraction of sp³-hybridized carbons (Fsp3) is 0.259. The molecular formula is C27H20F6OS2. The fourth-order valence-electron chi connectivity index (χ4n) is 4.79. The quantitative estimate of drug-likeness (QED) is 0.252. The summed E-state index contributed by atoms with van der Waals surface area (Å²) in [5, 5.41) is 9.92. The molecule has 0 radical (unpaired) electrons. The van der Waals surface area contributed by atoms with Gasteiger partial charge in [0.25, 0.3) is 0 Å². The van der Waals surface area contributed by atoms with E-state index in [0.29, 0.717) is 20.9 Å². The number of alkyl halides is 6. The molecule has 2 heterocycles. The van der Waals surface area contributed by atoms with Gasteiger partial charge in [-0.1, -0.05) is 60.7 Å². The molecule has 0 amide bonds. The van der Waals surface area contributed by atoms with E-state index in [1.165, 1.54) is 13.0 Å². The van der Waals surface area contributed by atoms with E-state index < -0.39 is 36.2 Å². The molecule has 2 aromatic heterocycles. The summed E-state index contributed by atoms with van der Waals surface area (Å²) < 4.78 is 91.2. The second-order valence-corrected chi connectivity index (χ2v) is 11.0. The van der Waals surface area contributed by atoms with Crippen LogP contribution >= 0.6 is 22.7 Å². The zero-order valence-electron chi connectivity index (χ0n) is 18.8. The zero-order valence-corrected chi connectivity index (χ0v) is 20.5. The van der Waals surface area contributed by atoms with Gasteiger partial charge in [0.15, 0.2) is 0 Å². The lowest BCUT2D eigenvalue weighted by molar-refractivity contribution is -0.274. The minimum absolute atomic E-state index is 0.0560. The predicted molar refractivity (Wildman–Crippen MR) is 130 cm³/mol. The van der Waals surface area contributed by atoms with E-state index in [2.05, 4.69) is 0 Å². The van der Waals surface area contributed by atoms with Crippen LogP contribution in [0.5, 0.6) is 0 Å². The fourth-order valence-corrected chi connectivity index (χ4v) is 7.50. The molecule has 36 heavy (non-hydrogen) atoms. The topological polar surface area (TPSA) is 20.2 Å². The maximum atomic E-state index is 15.4. The van der Waals surface area contributed by atoms with Crippen LogP contribution in [0.2, 0.25) is 0 Å². The predicted octanol–water partition coefficient (Wildman–Crippen LogP) is 8.73. The molecule has 9 heteroatoms. The third kappa shape index (κ3) is 3.63. The van der Waals surface area contributed by atoms with Crippen LogP contribution < -0.4 is 0 Å². The normalized spacial score (nSPS) is 22.1. The van der Waals surface area contributed by atoms with Crippen LogP contribution in [0.25, 0.3) is 20.9 Å². The van der Waals surface area contributed by atoms with Crippen molar-refractivity contribution in [3.63, 3.8) is 0 Å². The number of thiophene rings is 2. The minimum Gasteiger partial charge on any atom is -0.392 e. The summed E-state index contributed by atoms with van der Waals surface area (Å²) in [6.07, 6.45) is 0. The van der Waals surface area contributed by atoms with Gasteiger partial charge in [0.05, 0.1) is 18.4 Å². The van der Waals surface area contributed by atoms with E-state index in [4.69, 9.17) is 0 Å². The number of hydrogen-bond acceptors (Lipinski definition) is 3. The molecule has 1 nitrogen and oxygen atoms in total. The van der Waals surface area contributed by atoms with Gasteiger partial charge >= 0.3 is 17.8 Å². The molecular weight excluding hydrogens is 518 g/mol. The molecule has 1 saturated carbocycles. The van der Waals surface area contributed by atoms with Crippen LogP contribution in [-0.4, -0.2) is 22.9 Å². The van der Waals surface area contributed by atoms with E-state index in [1.54, 1.807) is 66.7 Å². The van der Waals surface area contributed by atoms with Crippen molar-refractivity contribution in [2.75, 3.05) is 0 Å². The third-order valence-corrected chi connectivity index (χ3v) is 9.28. The highest BCUT2D eigenvalue weighted by molar-refractivity contribution is 7.16. The highest BCUT2D eigenvalue weighted by atomic mass is 32.1. The first-order chi connectivity index (χ1) is 17.0. The summed E-state index contributed by atoms with van der Waals surface area (Å²) >= 11 is 1.57. The summed E-state index contributed by atoms with van der Waals surface area (Å²) in [6.45, 7) is 0.727. The molecule has 2 aromatic carbocycles. The number of hydrogen-bond donors (Lipinski definition) is 1. The van der Waals surface area contributed by atoms with Crippen LogP contribution in [0.1, 0.15) is 32.7 Å². The highest BCUT2D eigenvalue weighted by Crippen LogP contribution is 2.70. The Morgan fingerprint density at radius 3 is 1.64 bits per heavy atom. The second-order valence-electron chi connectivity index (χ2n) is 8.82. The summed E-state index contributed by atoms with van der Waals surface area (Å²) in [5.74, 6) is -20.6. The largest absolute Gasteiger partial charge is 0.392 e. The standard InChI is InChI=1S/C27H20F6OS2/c1-15-12-19(16-8-4-2-5-9-16)35-23(15)21-22(26(30,31)27(32,33)25(21,28)29)24-18(14-34)13-20(36-24)17-10-6-3-7-11-17/h2-13,21-22,34H,14H2,1H3. The Labute approximate surface area is 211 Å². The van der Waals surface area contributed by atoms with Crippen molar-refractivity contribution in [1.82, 2.24) is 0 Å². The lowest BCUT2D eigenvalue weighted by atomic mass is 9.87. The van der Waals surface area contributed by atoms with E-state index in [1.807, 2.05) is 0 Å². The Kier molecular flexibility index (Phi) is 6.08. The van der Waals surface area contributed by atoms with Crippen molar-refractivity contribution in [1.29, 1.82) is 0 Å². The molecule has 188 valence electrons. The molecule has 1 aliphatic carbocycles. The van der Waals surface area contributed by atoms with Crippen LogP contribution in [0.4, 0.5) is 26.3 Å². The summed E-state index contributed by atoms with van der Waals surface area (Å²) in [6, 6.07) is 20.2. The van der Waals surface area contributed by atoms with Gasteiger partial charge in [-0.2, -0.15) is 26.3 Å². The Hall–Kier alpha value is -2.62. The first-order valence-electron chi connectivity index (χ1n) is 11.1. The van der Waals surface area contributed by atoms with Crippen molar-refractivity contribution in [3.05, 3.63) is 93.7 Å². The van der Waals surface area contributed by atoms with Crippen LogP contribution in [0, 0.1) is 6.92 Å². The smallest absolute Gasteiger partial charge is 0.373 e. The van der Waals surface area contributed by atoms with Gasteiger partial charge in [0.2, 0.25) is 0 Å². The molecule has 0 aliphatic heterocycles. The van der Waals surface area contributed by atoms with Gasteiger partial charge in [-0.25, -0.2) is 0 Å². The van der Waals surface area contributed by atoms with E-state index in [0.717, 1.165) is 22.7 Å². The van der Waals surface area contributed by atoms with Gasteiger partial charge in [0.1, 0.15) is 0 Å². The second kappa shape index (κ2) is 8.75. The number of aliphatic hydroxyl groups is 1. The average Bonchev–Trinajstić information content (AvgIpc) is 3.48. The summed E-state index contributed by atoms with van der Waals surface area (Å²) in [7, 11) is 0. The van der Waals surface area contributed by atoms with Crippen LogP contribution in [0.3, 0.4) is 0 Å². The van der Waals surface area contributed by atoms with E-state index >= 15 is 17.6 Å². The number of benzene rings is 2. The SMILES string of the molecule is Cc1cc(-c2ccccc2)sc1C1C(c2sc(-c3ccccc3)cc2CO)C(F)(F)C(F)(F)C1(F)F. The Morgan fingerprint density at radius 1 is 0.694 bits per heavy atom. The van der Waals surface area contributed by atoms with Crippen LogP contribution in [0.15, 0.2) is 72.8 Å². The average molecular weight is 539 g/mol. The van der Waals surface area contributed by atoms with Crippen molar-refractivity contribution in [3.8, 4) is 20.9 Å². The molecule has 1 fully saturated rings. The van der Waals surface area contributed by atoms with E-state index in [-0.39, 0.29) is 20.9 Å². The van der Waals surface area contributed by atoms with Gasteiger partial charge in [0, 0.05) is 19.5 Å². The molecule has 1 N–H and O–H groups in total. The van der Waals surface area contributed by atoms with Gasteiger partial charge in [-0.3, -0.25) is 0 Å². The van der Waals surface area contributed by atoms with Crippen molar-refractivity contribution in [2.24, 2.45) is 0 Å². The van der Waals surface area contributed by atoms with Crippen molar-refractivity contribution in [2.45, 2.75) is 43.1 Å². The molecule has 4 aromatic rings. The van der Waals surface area contributed by atoms with Crippen molar-refractivity contribution < 1.29 is 31.4 Å². The summed E-state index contributed by atoms with van der Waals surface area (Å²) in [5.41, 5.74) is 1.47. The van der Waals surface area contributed by atoms with Gasteiger partial charge < -0.3 is 5.11 Å². The lowest BCUT2D eigenvalue weighted by Crippen LogP contribution is -2.48. The Balaban J connectivity index is 1.71. The third-order valence-electron chi connectivity index (χ3n) is 6.60. The first kappa shape index (κ1) is 25.0. The lowest BCUT2D eigenvalue weighted by Gasteiger charge is -2.25. The van der Waals surface area contributed by atoms with Crippen LogP contribution in [-0.2, 0) is 6.61 Å². The summed E-state index contributed by atoms with van der Waals surface area (Å²) in [4.78, 5) is 0.391. The first-order valence-corrected chi connectivity index (χ1v) is 12.7. The monoisotopic (exact) mass is 538 g/mol. The molecule has 5 rings (SSSR count). The van der Waals surface area contributed by atoms with Crippen molar-refractivity contribution >= 4 is 22.7 Å². The van der Waals surface area contributed by atoms with E-state index in [9.17, 15) is 13.9 Å². The molecule has 1 aliphatic rings. The number of aryl methyl sites for hydroxylation is 1. The Morgan fingerprint density at radius 2 is 1.14 bits per heavy atom. The minimum atomic E-state index is -5.58. The Bertz CT molecular complexity index is 1380. The maximum absolute atomic E-state index is 15.4. The number of halogens is 6. The van der Waals surface area contributed by atoms with Gasteiger partial charge in [-0.15, -0.1) is 22.7 Å². The number of aliphatic hydroxyl groups excluding tert-OH is 1. The molecule has 2 unspecified atom stereocenters. The zero-order chi connectivity index (χ0) is 25.9.